The van der Waals surface area contributed by atoms with Gasteiger partial charge in [0, 0.05) is 30.1 Å². The molecule has 0 unspecified atom stereocenters. The van der Waals surface area contributed by atoms with E-state index in [1.54, 1.807) is 43.3 Å². The molecule has 21 heavy (non-hydrogen) atoms. The monoisotopic (exact) mass is 303 g/mol. The van der Waals surface area contributed by atoms with Gasteiger partial charge in [0.25, 0.3) is 0 Å². The van der Waals surface area contributed by atoms with Gasteiger partial charge < -0.3 is 15.8 Å². The van der Waals surface area contributed by atoms with E-state index in [-0.39, 0.29) is 5.91 Å². The highest BCUT2D eigenvalue weighted by atomic mass is 32.2. The van der Waals surface area contributed by atoms with Crippen molar-refractivity contribution in [2.75, 3.05) is 23.9 Å². The Balaban J connectivity index is 1.85. The maximum absolute atomic E-state index is 11.9. The number of carbonyl (C=O) groups excluding carboxylic acids is 1. The number of anilines is 2. The summed E-state index contributed by atoms with van der Waals surface area (Å²) in [7, 11) is 1.54. The molecule has 6 heteroatoms. The first-order valence-electron chi connectivity index (χ1n) is 6.46. The minimum Gasteiger partial charge on any atom is -0.494 e. The van der Waals surface area contributed by atoms with E-state index in [4.69, 9.17) is 10.5 Å². The van der Waals surface area contributed by atoms with Crippen LogP contribution >= 0.6 is 11.8 Å². The first-order valence-corrected chi connectivity index (χ1v) is 7.45. The summed E-state index contributed by atoms with van der Waals surface area (Å²) in [5.74, 6) is 1.15. The molecule has 0 saturated carbocycles. The summed E-state index contributed by atoms with van der Waals surface area (Å²) in [6.07, 6.45) is 2.14. The molecule has 3 N–H and O–H groups in total. The molecular weight excluding hydrogens is 286 g/mol. The number of hydrogen-bond donors (Lipinski definition) is 2. The average molecular weight is 303 g/mol. The van der Waals surface area contributed by atoms with Gasteiger partial charge in [-0.05, 0) is 24.3 Å². The van der Waals surface area contributed by atoms with Crippen molar-refractivity contribution in [2.24, 2.45) is 0 Å². The Bertz CT molecular complexity index is 605. The van der Waals surface area contributed by atoms with Crippen molar-refractivity contribution in [3.8, 4) is 5.75 Å². The van der Waals surface area contributed by atoms with Crippen LogP contribution in [0.3, 0.4) is 0 Å². The van der Waals surface area contributed by atoms with Gasteiger partial charge in [-0.2, -0.15) is 0 Å². The molecule has 0 radical (unpaired) electrons. The predicted octanol–water partition coefficient (Wildman–Crippen LogP) is 2.79. The largest absolute Gasteiger partial charge is 0.494 e. The second-order valence-corrected chi connectivity index (χ2v) is 5.39. The summed E-state index contributed by atoms with van der Waals surface area (Å²) in [5.41, 5.74) is 6.89. The van der Waals surface area contributed by atoms with Gasteiger partial charge in [0.05, 0.1) is 17.8 Å². The lowest BCUT2D eigenvalue weighted by atomic mass is 10.2. The fourth-order valence-corrected chi connectivity index (χ4v) is 2.51. The standard InChI is InChI=1S/C15H17N3O2S/c1-20-13-10-11(16)5-6-12(13)18-14(19)7-9-21-15-4-2-3-8-17-15/h2-6,8,10H,7,9,16H2,1H3,(H,18,19). The fraction of sp³-hybridized carbons (Fsp3) is 0.200. The van der Waals surface area contributed by atoms with Crippen molar-refractivity contribution in [1.82, 2.24) is 4.98 Å². The SMILES string of the molecule is COc1cc(N)ccc1NC(=O)CCSc1ccccn1. The second-order valence-electron chi connectivity index (χ2n) is 4.27. The molecule has 110 valence electrons. The normalized spacial score (nSPS) is 10.1. The van der Waals surface area contributed by atoms with E-state index in [0.717, 1.165) is 5.03 Å². The van der Waals surface area contributed by atoms with Crippen LogP contribution in [0.4, 0.5) is 11.4 Å². The van der Waals surface area contributed by atoms with Crippen LogP contribution < -0.4 is 15.8 Å². The lowest BCUT2D eigenvalue weighted by Gasteiger charge is -2.10. The van der Waals surface area contributed by atoms with Gasteiger partial charge in [-0.15, -0.1) is 11.8 Å². The number of aromatic nitrogens is 1. The van der Waals surface area contributed by atoms with E-state index >= 15 is 0 Å². The maximum atomic E-state index is 11.9. The highest BCUT2D eigenvalue weighted by molar-refractivity contribution is 7.99. The number of amides is 1. The Morgan fingerprint density at radius 3 is 2.95 bits per heavy atom. The summed E-state index contributed by atoms with van der Waals surface area (Å²) >= 11 is 1.55. The summed E-state index contributed by atoms with van der Waals surface area (Å²) in [6, 6.07) is 10.8. The van der Waals surface area contributed by atoms with Gasteiger partial charge in [-0.25, -0.2) is 4.98 Å². The molecule has 0 saturated heterocycles. The Morgan fingerprint density at radius 2 is 2.24 bits per heavy atom. The maximum Gasteiger partial charge on any atom is 0.225 e. The molecule has 0 aliphatic carbocycles. The van der Waals surface area contributed by atoms with Crippen LogP contribution in [-0.4, -0.2) is 23.8 Å². The second kappa shape index (κ2) is 7.54. The number of carbonyl (C=O) groups is 1. The number of nitrogens with two attached hydrogens (primary N) is 1. The Labute approximate surface area is 127 Å². The quantitative estimate of drug-likeness (QED) is 0.634. The van der Waals surface area contributed by atoms with Gasteiger partial charge in [0.15, 0.2) is 0 Å². The van der Waals surface area contributed by atoms with E-state index < -0.39 is 0 Å². The number of nitrogens with one attached hydrogen (secondary N) is 1. The van der Waals surface area contributed by atoms with E-state index in [9.17, 15) is 4.79 Å². The third kappa shape index (κ3) is 4.68. The molecule has 1 amide bonds. The molecule has 2 rings (SSSR count). The number of nitrogen functional groups attached to an aromatic ring is 1. The molecule has 0 spiro atoms. The van der Waals surface area contributed by atoms with Gasteiger partial charge >= 0.3 is 0 Å². The zero-order chi connectivity index (χ0) is 15.1. The predicted molar refractivity (Wildman–Crippen MR) is 85.6 cm³/mol. The molecule has 0 aliphatic heterocycles. The molecule has 1 aromatic heterocycles. The number of nitrogens with zero attached hydrogens (tertiary/aromatic N) is 1. The van der Waals surface area contributed by atoms with Crippen LogP contribution in [0.2, 0.25) is 0 Å². The van der Waals surface area contributed by atoms with Gasteiger partial charge in [0.2, 0.25) is 5.91 Å². The zero-order valence-electron chi connectivity index (χ0n) is 11.7. The first kappa shape index (κ1) is 15.2. The van der Waals surface area contributed by atoms with Crippen LogP contribution in [0.5, 0.6) is 5.75 Å². The molecule has 1 heterocycles. The Hall–Kier alpha value is -2.21. The van der Waals surface area contributed by atoms with Crippen LogP contribution in [0, 0.1) is 0 Å². The molecule has 0 fully saturated rings. The number of methoxy groups -OCH3 is 1. The van der Waals surface area contributed by atoms with Gasteiger partial charge in [-0.3, -0.25) is 4.79 Å². The van der Waals surface area contributed by atoms with Crippen LogP contribution in [-0.2, 0) is 4.79 Å². The van der Waals surface area contributed by atoms with Crippen LogP contribution in [0.25, 0.3) is 0 Å². The molecule has 5 nitrogen and oxygen atoms in total. The fourth-order valence-electron chi connectivity index (χ4n) is 1.70. The summed E-state index contributed by atoms with van der Waals surface area (Å²) in [6.45, 7) is 0. The van der Waals surface area contributed by atoms with E-state index in [0.29, 0.717) is 29.3 Å². The topological polar surface area (TPSA) is 77.2 Å². The average Bonchev–Trinajstić information content (AvgIpc) is 2.50. The molecular formula is C15H17N3O2S. The number of ether oxygens (including phenoxy) is 1. The highest BCUT2D eigenvalue weighted by Crippen LogP contribution is 2.26. The van der Waals surface area contributed by atoms with Crippen molar-refractivity contribution < 1.29 is 9.53 Å². The Morgan fingerprint density at radius 1 is 1.38 bits per heavy atom. The Kier molecular flexibility index (Phi) is 5.45. The number of hydrogen-bond acceptors (Lipinski definition) is 5. The van der Waals surface area contributed by atoms with Crippen molar-refractivity contribution >= 4 is 29.0 Å². The smallest absolute Gasteiger partial charge is 0.225 e. The van der Waals surface area contributed by atoms with Crippen molar-refractivity contribution in [2.45, 2.75) is 11.4 Å². The first-order chi connectivity index (χ1) is 10.2. The molecule has 0 atom stereocenters. The van der Waals surface area contributed by atoms with Crippen molar-refractivity contribution in [3.05, 3.63) is 42.6 Å². The summed E-state index contributed by atoms with van der Waals surface area (Å²) in [5, 5.41) is 3.73. The summed E-state index contributed by atoms with van der Waals surface area (Å²) in [4.78, 5) is 16.1. The minimum absolute atomic E-state index is 0.0681. The zero-order valence-corrected chi connectivity index (χ0v) is 12.5. The molecule has 0 aliphatic rings. The third-order valence-corrected chi connectivity index (χ3v) is 3.66. The lowest BCUT2D eigenvalue weighted by Crippen LogP contribution is -2.13. The van der Waals surface area contributed by atoms with E-state index in [1.165, 1.54) is 0 Å². The van der Waals surface area contributed by atoms with Crippen molar-refractivity contribution in [1.29, 1.82) is 0 Å². The van der Waals surface area contributed by atoms with E-state index in [2.05, 4.69) is 10.3 Å². The van der Waals surface area contributed by atoms with Crippen LogP contribution in [0.15, 0.2) is 47.6 Å². The van der Waals surface area contributed by atoms with E-state index in [1.807, 2.05) is 18.2 Å². The van der Waals surface area contributed by atoms with Crippen molar-refractivity contribution in [3.63, 3.8) is 0 Å². The third-order valence-electron chi connectivity index (χ3n) is 2.72. The lowest BCUT2D eigenvalue weighted by molar-refractivity contribution is -0.115. The van der Waals surface area contributed by atoms with Crippen LogP contribution in [0.1, 0.15) is 6.42 Å². The number of rotatable bonds is 6. The number of thioether (sulfide) groups is 1. The molecule has 0 bridgehead atoms. The summed E-state index contributed by atoms with van der Waals surface area (Å²) < 4.78 is 5.19. The van der Waals surface area contributed by atoms with Gasteiger partial charge in [-0.1, -0.05) is 6.07 Å². The minimum atomic E-state index is -0.0681. The number of benzene rings is 1. The molecule has 1 aromatic carbocycles. The molecule has 2 aromatic rings. The number of pyridine rings is 1. The van der Waals surface area contributed by atoms with Gasteiger partial charge in [0.1, 0.15) is 5.75 Å². The highest BCUT2D eigenvalue weighted by Gasteiger charge is 2.08.